The van der Waals surface area contributed by atoms with Crippen LogP contribution in [-0.4, -0.2) is 54.4 Å². The average molecular weight is 384 g/mol. The van der Waals surface area contributed by atoms with Crippen LogP contribution in [0.3, 0.4) is 0 Å². The van der Waals surface area contributed by atoms with Crippen LogP contribution in [0.5, 0.6) is 0 Å². The predicted molar refractivity (Wildman–Crippen MR) is 88.9 cm³/mol. The summed E-state index contributed by atoms with van der Waals surface area (Å²) in [6.45, 7) is 4.65. The molecule has 2 rings (SSSR count). The Balaban J connectivity index is 1.73. The number of hydrogen-bond donors (Lipinski definition) is 3. The van der Waals surface area contributed by atoms with Gasteiger partial charge in [-0.2, -0.15) is 13.2 Å². The van der Waals surface area contributed by atoms with Gasteiger partial charge in [0, 0.05) is 32.4 Å². The van der Waals surface area contributed by atoms with E-state index in [2.05, 4.69) is 26.1 Å². The molecule has 1 aromatic rings. The van der Waals surface area contributed by atoms with Crippen molar-refractivity contribution >= 4 is 34.7 Å². The molecule has 24 heavy (non-hydrogen) atoms. The second-order valence-corrected chi connectivity index (χ2v) is 5.83. The number of halogens is 4. The Morgan fingerprint density at radius 1 is 1.38 bits per heavy atom. The van der Waals surface area contributed by atoms with Crippen molar-refractivity contribution in [1.82, 2.24) is 20.6 Å². The Morgan fingerprint density at radius 3 is 2.71 bits per heavy atom. The van der Waals surface area contributed by atoms with Gasteiger partial charge in [-0.3, -0.25) is 15.8 Å². The van der Waals surface area contributed by atoms with Crippen LogP contribution in [0.4, 0.5) is 19.0 Å². The maximum absolute atomic E-state index is 12.5. The Kier molecular flexibility index (Phi) is 6.84. The molecular formula is C13H17ClF3N5OS. The number of alkyl halides is 3. The largest absolute Gasteiger partial charge is 0.417 e. The number of aromatic nitrogens is 1. The topological polar surface area (TPSA) is 61.5 Å². The first-order valence-corrected chi connectivity index (χ1v) is 7.97. The molecule has 0 radical (unpaired) electrons. The second kappa shape index (κ2) is 8.65. The number of rotatable bonds is 5. The molecule has 2 heterocycles. The van der Waals surface area contributed by atoms with E-state index in [0.717, 1.165) is 38.9 Å². The highest BCUT2D eigenvalue weighted by atomic mass is 35.5. The zero-order valence-electron chi connectivity index (χ0n) is 12.6. The van der Waals surface area contributed by atoms with E-state index in [1.165, 1.54) is 0 Å². The minimum absolute atomic E-state index is 0.0574. The van der Waals surface area contributed by atoms with Crippen LogP contribution in [0.25, 0.3) is 0 Å². The first-order chi connectivity index (χ1) is 11.4. The van der Waals surface area contributed by atoms with E-state index in [0.29, 0.717) is 17.9 Å². The van der Waals surface area contributed by atoms with E-state index in [-0.39, 0.29) is 10.8 Å². The molecule has 1 aliphatic rings. The van der Waals surface area contributed by atoms with Crippen molar-refractivity contribution < 1.29 is 17.9 Å². The number of morpholine rings is 1. The molecule has 134 valence electrons. The summed E-state index contributed by atoms with van der Waals surface area (Å²) in [5, 5.41) is 3.11. The summed E-state index contributed by atoms with van der Waals surface area (Å²) in [6.07, 6.45) is -3.79. The summed E-state index contributed by atoms with van der Waals surface area (Å²) >= 11 is 10.8. The molecule has 1 fully saturated rings. The zero-order chi connectivity index (χ0) is 17.6. The number of hydrogen-bond acceptors (Lipinski definition) is 5. The van der Waals surface area contributed by atoms with Crippen LogP contribution >= 0.6 is 23.8 Å². The predicted octanol–water partition coefficient (Wildman–Crippen LogP) is 1.88. The molecule has 0 atom stereocenters. The average Bonchev–Trinajstić information content (AvgIpc) is 2.54. The van der Waals surface area contributed by atoms with Gasteiger partial charge in [0.1, 0.15) is 0 Å². The molecule has 1 aromatic heterocycles. The van der Waals surface area contributed by atoms with E-state index >= 15 is 0 Å². The first kappa shape index (κ1) is 19.0. The minimum Gasteiger partial charge on any atom is -0.379 e. The van der Waals surface area contributed by atoms with Gasteiger partial charge < -0.3 is 10.1 Å². The van der Waals surface area contributed by atoms with Crippen molar-refractivity contribution in [3.05, 3.63) is 22.8 Å². The summed E-state index contributed by atoms with van der Waals surface area (Å²) < 4.78 is 42.8. The van der Waals surface area contributed by atoms with Crippen LogP contribution in [0.2, 0.25) is 5.02 Å². The maximum atomic E-state index is 12.5. The van der Waals surface area contributed by atoms with Crippen molar-refractivity contribution in [3.63, 3.8) is 0 Å². The first-order valence-electron chi connectivity index (χ1n) is 7.19. The van der Waals surface area contributed by atoms with Gasteiger partial charge in [0.05, 0.1) is 23.8 Å². The molecule has 0 bridgehead atoms. The van der Waals surface area contributed by atoms with Gasteiger partial charge in [-0.05, 0) is 18.3 Å². The summed E-state index contributed by atoms with van der Waals surface area (Å²) in [7, 11) is 0. The number of nitrogens with zero attached hydrogens (tertiary/aromatic N) is 2. The third-order valence-corrected chi connectivity index (χ3v) is 3.81. The van der Waals surface area contributed by atoms with Crippen molar-refractivity contribution in [1.29, 1.82) is 0 Å². The fraction of sp³-hybridized carbons (Fsp3) is 0.538. The lowest BCUT2D eigenvalue weighted by Gasteiger charge is -2.26. The second-order valence-electron chi connectivity index (χ2n) is 5.01. The van der Waals surface area contributed by atoms with Gasteiger partial charge >= 0.3 is 6.18 Å². The summed E-state index contributed by atoms with van der Waals surface area (Å²) in [4.78, 5) is 5.87. The van der Waals surface area contributed by atoms with Crippen molar-refractivity contribution in [2.75, 3.05) is 44.8 Å². The lowest BCUT2D eigenvalue weighted by atomic mass is 10.3. The summed E-state index contributed by atoms with van der Waals surface area (Å²) in [6, 6.07) is 0.799. The van der Waals surface area contributed by atoms with Gasteiger partial charge in [0.2, 0.25) is 0 Å². The Morgan fingerprint density at radius 2 is 2.08 bits per heavy atom. The number of anilines is 1. The number of thiocarbonyl (C=S) groups is 1. The maximum Gasteiger partial charge on any atom is 0.417 e. The van der Waals surface area contributed by atoms with Crippen molar-refractivity contribution in [3.8, 4) is 0 Å². The van der Waals surface area contributed by atoms with Crippen LogP contribution in [0, 0.1) is 0 Å². The van der Waals surface area contributed by atoms with Gasteiger partial charge in [0.25, 0.3) is 0 Å². The number of pyridine rings is 1. The van der Waals surface area contributed by atoms with Crippen LogP contribution < -0.4 is 16.2 Å². The van der Waals surface area contributed by atoms with Crippen LogP contribution in [0.15, 0.2) is 12.3 Å². The number of nitrogens with one attached hydrogen (secondary N) is 3. The molecule has 3 N–H and O–H groups in total. The fourth-order valence-corrected chi connectivity index (χ4v) is 2.36. The quantitative estimate of drug-likeness (QED) is 0.530. The lowest BCUT2D eigenvalue weighted by Crippen LogP contribution is -2.44. The molecule has 11 heteroatoms. The highest BCUT2D eigenvalue weighted by molar-refractivity contribution is 7.80. The van der Waals surface area contributed by atoms with Crippen LogP contribution in [0.1, 0.15) is 5.56 Å². The molecule has 0 amide bonds. The van der Waals surface area contributed by atoms with Crippen molar-refractivity contribution in [2.45, 2.75) is 6.18 Å². The third-order valence-electron chi connectivity index (χ3n) is 3.28. The number of ether oxygens (including phenoxy) is 1. The Bertz CT molecular complexity index is 569. The normalized spacial score (nSPS) is 15.8. The molecular weight excluding hydrogens is 367 g/mol. The van der Waals surface area contributed by atoms with E-state index < -0.39 is 11.7 Å². The van der Waals surface area contributed by atoms with Crippen molar-refractivity contribution in [2.24, 2.45) is 0 Å². The monoisotopic (exact) mass is 383 g/mol. The summed E-state index contributed by atoms with van der Waals surface area (Å²) in [5.74, 6) is 0.0574. The van der Waals surface area contributed by atoms with Crippen LogP contribution in [-0.2, 0) is 10.9 Å². The molecule has 0 spiro atoms. The van der Waals surface area contributed by atoms with E-state index in [9.17, 15) is 13.2 Å². The van der Waals surface area contributed by atoms with Gasteiger partial charge in [0.15, 0.2) is 10.9 Å². The Labute approximate surface area is 147 Å². The van der Waals surface area contributed by atoms with E-state index in [4.69, 9.17) is 28.6 Å². The third kappa shape index (κ3) is 5.93. The van der Waals surface area contributed by atoms with E-state index in [1.54, 1.807) is 0 Å². The van der Waals surface area contributed by atoms with E-state index in [1.807, 2.05) is 0 Å². The van der Waals surface area contributed by atoms with Gasteiger partial charge in [-0.1, -0.05) is 11.6 Å². The molecule has 0 aliphatic carbocycles. The Hall–Kier alpha value is -1.36. The smallest absolute Gasteiger partial charge is 0.379 e. The molecule has 0 unspecified atom stereocenters. The minimum atomic E-state index is -4.49. The zero-order valence-corrected chi connectivity index (χ0v) is 14.2. The summed E-state index contributed by atoms with van der Waals surface area (Å²) in [5.41, 5.74) is 4.30. The highest BCUT2D eigenvalue weighted by Crippen LogP contribution is 2.32. The molecule has 6 nitrogen and oxygen atoms in total. The fourth-order valence-electron chi connectivity index (χ4n) is 2.00. The molecule has 0 aromatic carbocycles. The lowest BCUT2D eigenvalue weighted by molar-refractivity contribution is -0.137. The SMILES string of the molecule is FC(F)(F)c1cnc(NNC(=S)NCCN2CCOCC2)c(Cl)c1. The highest BCUT2D eigenvalue weighted by Gasteiger charge is 2.31. The standard InChI is InChI=1S/C13H17ClF3N5OS/c14-10-7-9(13(15,16)17)8-19-11(10)20-21-12(24)18-1-2-22-3-5-23-6-4-22/h7-8H,1-6H2,(H,19,20)(H2,18,21,24). The number of hydrazine groups is 1. The molecule has 0 saturated carbocycles. The van der Waals surface area contributed by atoms with Gasteiger partial charge in [-0.25, -0.2) is 4.98 Å². The molecule has 1 aliphatic heterocycles. The molecule has 1 saturated heterocycles. The van der Waals surface area contributed by atoms with Gasteiger partial charge in [-0.15, -0.1) is 0 Å².